The fourth-order valence-electron chi connectivity index (χ4n) is 0.598. The zero-order valence-electron chi connectivity index (χ0n) is 6.04. The molecule has 1 aromatic heterocycles. The molecule has 1 rings (SSSR count). The van der Waals surface area contributed by atoms with E-state index < -0.39 is 5.97 Å². The summed E-state index contributed by atoms with van der Waals surface area (Å²) in [6, 6.07) is 1.55. The van der Waals surface area contributed by atoms with Crippen molar-refractivity contribution in [3.05, 3.63) is 21.3 Å². The molecule has 0 aliphatic rings. The summed E-state index contributed by atoms with van der Waals surface area (Å²) in [5, 5.41) is 2.20. The largest absolute Gasteiger partial charge is 0.448 e. The molecule has 0 saturated heterocycles. The third-order valence-electron chi connectivity index (χ3n) is 1.06. The molecule has 1 aromatic rings. The standard InChI is InChI=1S/C8H5ClO2S/c1-2-3-11-8(10)7-4-6(9)5-12-7/h1,4-5H,3H2. The van der Waals surface area contributed by atoms with E-state index in [0.717, 1.165) is 0 Å². The first-order valence-corrected chi connectivity index (χ1v) is 4.34. The summed E-state index contributed by atoms with van der Waals surface area (Å²) in [4.78, 5) is 11.5. The molecular formula is C8H5ClO2S. The molecule has 0 amide bonds. The van der Waals surface area contributed by atoms with Crippen LogP contribution in [0, 0.1) is 12.3 Å². The molecule has 0 spiro atoms. The predicted molar refractivity (Wildman–Crippen MR) is 48.4 cm³/mol. The van der Waals surface area contributed by atoms with Crippen molar-refractivity contribution in [3.63, 3.8) is 0 Å². The second-order valence-electron chi connectivity index (χ2n) is 1.91. The van der Waals surface area contributed by atoms with Gasteiger partial charge < -0.3 is 4.74 Å². The molecule has 0 aromatic carbocycles. The highest BCUT2D eigenvalue weighted by Gasteiger charge is 2.08. The van der Waals surface area contributed by atoms with Crippen LogP contribution in [0.5, 0.6) is 0 Å². The first-order chi connectivity index (χ1) is 5.74. The number of terminal acetylenes is 1. The van der Waals surface area contributed by atoms with Gasteiger partial charge in [-0.3, -0.25) is 0 Å². The normalized spacial score (nSPS) is 9.00. The summed E-state index contributed by atoms with van der Waals surface area (Å²) in [6.07, 6.45) is 4.91. The Labute approximate surface area is 79.1 Å². The number of esters is 1. The summed E-state index contributed by atoms with van der Waals surface area (Å²) in [5.41, 5.74) is 0. The molecule has 12 heavy (non-hydrogen) atoms. The number of thiophene rings is 1. The van der Waals surface area contributed by atoms with Crippen LogP contribution in [0.25, 0.3) is 0 Å². The van der Waals surface area contributed by atoms with Crippen molar-refractivity contribution >= 4 is 28.9 Å². The fraction of sp³-hybridized carbons (Fsp3) is 0.125. The monoisotopic (exact) mass is 200 g/mol. The average molecular weight is 201 g/mol. The summed E-state index contributed by atoms with van der Waals surface area (Å²) in [7, 11) is 0. The minimum Gasteiger partial charge on any atom is -0.448 e. The second kappa shape index (κ2) is 4.15. The van der Waals surface area contributed by atoms with E-state index in [4.69, 9.17) is 18.0 Å². The summed E-state index contributed by atoms with van der Waals surface area (Å²) in [6.45, 7) is -0.00560. The molecule has 0 atom stereocenters. The third kappa shape index (κ3) is 2.26. The highest BCUT2D eigenvalue weighted by molar-refractivity contribution is 7.12. The highest BCUT2D eigenvalue weighted by Crippen LogP contribution is 2.19. The van der Waals surface area contributed by atoms with Gasteiger partial charge in [-0.15, -0.1) is 17.8 Å². The first kappa shape index (κ1) is 9.11. The van der Waals surface area contributed by atoms with Crippen molar-refractivity contribution in [3.8, 4) is 12.3 Å². The summed E-state index contributed by atoms with van der Waals surface area (Å²) >= 11 is 6.83. The molecule has 0 saturated carbocycles. The van der Waals surface area contributed by atoms with Crippen LogP contribution in [-0.4, -0.2) is 12.6 Å². The lowest BCUT2D eigenvalue weighted by atomic mass is 10.5. The van der Waals surface area contributed by atoms with Gasteiger partial charge >= 0.3 is 5.97 Å². The minimum absolute atomic E-state index is 0.00560. The van der Waals surface area contributed by atoms with Crippen LogP contribution >= 0.6 is 22.9 Å². The molecule has 1 heterocycles. The van der Waals surface area contributed by atoms with E-state index in [1.165, 1.54) is 11.3 Å². The fourth-order valence-corrected chi connectivity index (χ4v) is 1.56. The van der Waals surface area contributed by atoms with Gasteiger partial charge in [-0.25, -0.2) is 4.79 Å². The molecule has 4 heteroatoms. The van der Waals surface area contributed by atoms with Crippen LogP contribution in [0.15, 0.2) is 11.4 Å². The number of hydrogen-bond acceptors (Lipinski definition) is 3. The van der Waals surface area contributed by atoms with Crippen LogP contribution in [0.1, 0.15) is 9.67 Å². The quantitative estimate of drug-likeness (QED) is 0.541. The molecule has 0 fully saturated rings. The molecule has 62 valence electrons. The van der Waals surface area contributed by atoms with Crippen LogP contribution in [0.4, 0.5) is 0 Å². The van der Waals surface area contributed by atoms with E-state index in [-0.39, 0.29) is 6.61 Å². The van der Waals surface area contributed by atoms with E-state index in [1.807, 2.05) is 0 Å². The average Bonchev–Trinajstić information content (AvgIpc) is 2.47. The number of carbonyl (C=O) groups excluding carboxylic acids is 1. The molecule has 0 bridgehead atoms. The Morgan fingerprint density at radius 1 is 1.83 bits per heavy atom. The van der Waals surface area contributed by atoms with E-state index in [1.54, 1.807) is 11.4 Å². The maximum Gasteiger partial charge on any atom is 0.349 e. The van der Waals surface area contributed by atoms with Crippen LogP contribution < -0.4 is 0 Å². The highest BCUT2D eigenvalue weighted by atomic mass is 35.5. The molecule has 0 radical (unpaired) electrons. The molecule has 0 unspecified atom stereocenters. The van der Waals surface area contributed by atoms with Crippen LogP contribution in [0.2, 0.25) is 5.02 Å². The maximum atomic E-state index is 11.1. The molecule has 2 nitrogen and oxygen atoms in total. The van der Waals surface area contributed by atoms with Crippen molar-refractivity contribution < 1.29 is 9.53 Å². The van der Waals surface area contributed by atoms with E-state index >= 15 is 0 Å². The Morgan fingerprint density at radius 3 is 3.08 bits per heavy atom. The van der Waals surface area contributed by atoms with E-state index in [0.29, 0.717) is 9.90 Å². The minimum atomic E-state index is -0.426. The zero-order chi connectivity index (χ0) is 8.97. The molecule has 0 aliphatic heterocycles. The van der Waals surface area contributed by atoms with Crippen molar-refractivity contribution in [1.29, 1.82) is 0 Å². The second-order valence-corrected chi connectivity index (χ2v) is 3.26. The van der Waals surface area contributed by atoms with Crippen molar-refractivity contribution in [2.24, 2.45) is 0 Å². The summed E-state index contributed by atoms with van der Waals surface area (Å²) < 4.78 is 4.67. The Bertz CT molecular complexity index is 324. The third-order valence-corrected chi connectivity index (χ3v) is 2.31. The van der Waals surface area contributed by atoms with Crippen molar-refractivity contribution in [1.82, 2.24) is 0 Å². The molecular weight excluding hydrogens is 196 g/mol. The number of rotatable bonds is 2. The zero-order valence-corrected chi connectivity index (χ0v) is 7.61. The van der Waals surface area contributed by atoms with Gasteiger partial charge in [0.05, 0.1) is 5.02 Å². The van der Waals surface area contributed by atoms with Gasteiger partial charge in [-0.1, -0.05) is 17.5 Å². The lowest BCUT2D eigenvalue weighted by molar-refractivity contribution is 0.0562. The van der Waals surface area contributed by atoms with Gasteiger partial charge in [0, 0.05) is 5.38 Å². The van der Waals surface area contributed by atoms with Crippen molar-refractivity contribution in [2.45, 2.75) is 0 Å². The van der Waals surface area contributed by atoms with Gasteiger partial charge in [-0.2, -0.15) is 0 Å². The first-order valence-electron chi connectivity index (χ1n) is 3.08. The predicted octanol–water partition coefficient (Wildman–Crippen LogP) is 2.19. The number of carbonyl (C=O) groups is 1. The lowest BCUT2D eigenvalue weighted by Crippen LogP contribution is -2.02. The maximum absolute atomic E-state index is 11.1. The lowest BCUT2D eigenvalue weighted by Gasteiger charge is -1.95. The number of ether oxygens (including phenoxy) is 1. The van der Waals surface area contributed by atoms with Crippen molar-refractivity contribution in [2.75, 3.05) is 6.61 Å². The van der Waals surface area contributed by atoms with E-state index in [9.17, 15) is 4.79 Å². The Kier molecular flexibility index (Phi) is 3.15. The van der Waals surface area contributed by atoms with Gasteiger partial charge in [0.2, 0.25) is 0 Å². The van der Waals surface area contributed by atoms with Crippen LogP contribution in [-0.2, 0) is 4.74 Å². The SMILES string of the molecule is C#CCOC(=O)c1cc(Cl)cs1. The Balaban J connectivity index is 2.61. The van der Waals surface area contributed by atoms with Gasteiger partial charge in [-0.05, 0) is 6.07 Å². The van der Waals surface area contributed by atoms with Gasteiger partial charge in [0.15, 0.2) is 6.61 Å². The van der Waals surface area contributed by atoms with E-state index in [2.05, 4.69) is 10.7 Å². The Morgan fingerprint density at radius 2 is 2.58 bits per heavy atom. The van der Waals surface area contributed by atoms with Gasteiger partial charge in [0.1, 0.15) is 4.88 Å². The molecule has 0 N–H and O–H groups in total. The molecule has 0 aliphatic carbocycles. The van der Waals surface area contributed by atoms with Crippen LogP contribution in [0.3, 0.4) is 0 Å². The number of halogens is 1. The van der Waals surface area contributed by atoms with Gasteiger partial charge in [0.25, 0.3) is 0 Å². The Hall–Kier alpha value is -0.980. The smallest absolute Gasteiger partial charge is 0.349 e. The topological polar surface area (TPSA) is 26.3 Å². The summed E-state index contributed by atoms with van der Waals surface area (Å²) in [5.74, 6) is 1.78. The number of hydrogen-bond donors (Lipinski definition) is 0.